The number of hydrogen-bond donors (Lipinski definition) is 3. The molecule has 1 amide bonds. The molecule has 3 aromatic rings. The van der Waals surface area contributed by atoms with E-state index in [1.54, 1.807) is 41.1 Å². The zero-order valence-electron chi connectivity index (χ0n) is 17.8. The van der Waals surface area contributed by atoms with E-state index in [4.69, 9.17) is 11.6 Å². The highest BCUT2D eigenvalue weighted by Crippen LogP contribution is 2.32. The van der Waals surface area contributed by atoms with Gasteiger partial charge >= 0.3 is 0 Å². The van der Waals surface area contributed by atoms with Gasteiger partial charge in [0.15, 0.2) is 5.65 Å². The molecular weight excluding hydrogens is 452 g/mol. The van der Waals surface area contributed by atoms with Crippen LogP contribution in [0.4, 0.5) is 5.69 Å². The van der Waals surface area contributed by atoms with Crippen LogP contribution in [0.2, 0.25) is 5.02 Å². The fourth-order valence-corrected chi connectivity index (χ4v) is 5.56. The lowest BCUT2D eigenvalue weighted by molar-refractivity contribution is -0.114. The molecule has 0 aliphatic heterocycles. The minimum absolute atomic E-state index is 0. The van der Waals surface area contributed by atoms with Crippen molar-refractivity contribution in [3.8, 4) is 11.3 Å². The molecule has 2 heterocycles. The Morgan fingerprint density at radius 3 is 2.66 bits per heavy atom. The van der Waals surface area contributed by atoms with Gasteiger partial charge in [-0.05, 0) is 56.4 Å². The molecule has 172 valence electrons. The largest absolute Gasteiger partial charge is 0.393 e. The van der Waals surface area contributed by atoms with Crippen LogP contribution in [0.15, 0.2) is 41.6 Å². The number of aromatic nitrogens is 2. The van der Waals surface area contributed by atoms with Crippen molar-refractivity contribution >= 4 is 38.9 Å². The van der Waals surface area contributed by atoms with E-state index in [0.29, 0.717) is 53.3 Å². The van der Waals surface area contributed by atoms with Gasteiger partial charge in [0, 0.05) is 26.2 Å². The number of fused-ring (bicyclic) bond motifs is 1. The zero-order chi connectivity index (χ0) is 23.0. The Kier molecular flexibility index (Phi) is 6.26. The summed E-state index contributed by atoms with van der Waals surface area (Å²) in [7, 11) is -3.73. The number of anilines is 1. The van der Waals surface area contributed by atoms with Gasteiger partial charge in [-0.15, -0.1) is 0 Å². The van der Waals surface area contributed by atoms with Gasteiger partial charge in [-0.3, -0.25) is 9.20 Å². The van der Waals surface area contributed by atoms with E-state index in [1.165, 1.54) is 6.92 Å². The number of amides is 1. The Labute approximate surface area is 193 Å². The molecule has 8 nitrogen and oxygen atoms in total. The average Bonchev–Trinajstić information content (AvgIpc) is 3.16. The van der Waals surface area contributed by atoms with E-state index in [9.17, 15) is 18.3 Å². The Bertz CT molecular complexity index is 1290. The van der Waals surface area contributed by atoms with Crippen molar-refractivity contribution in [1.29, 1.82) is 0 Å². The average molecular weight is 479 g/mol. The van der Waals surface area contributed by atoms with Crippen molar-refractivity contribution in [2.45, 2.75) is 56.6 Å². The normalized spacial score (nSPS) is 19.2. The number of aryl methyl sites for hydroxylation is 1. The molecule has 0 saturated heterocycles. The van der Waals surface area contributed by atoms with Gasteiger partial charge in [0.25, 0.3) is 0 Å². The molecule has 0 bridgehead atoms. The monoisotopic (exact) mass is 478 g/mol. The van der Waals surface area contributed by atoms with E-state index < -0.39 is 10.0 Å². The van der Waals surface area contributed by atoms with Crippen LogP contribution in [-0.4, -0.2) is 41.0 Å². The van der Waals surface area contributed by atoms with Crippen LogP contribution >= 0.6 is 11.6 Å². The number of imidazole rings is 1. The SMILES string of the molecule is CC(=O)Nc1c(Cl)ccn2c(-c3cc(S(=O)(=O)NC4CCC(O)CC4)ccc3C)cnc12.[HH]. The van der Waals surface area contributed by atoms with Crippen LogP contribution in [0.3, 0.4) is 0 Å². The topological polar surface area (TPSA) is 113 Å². The quantitative estimate of drug-likeness (QED) is 0.517. The second-order valence-electron chi connectivity index (χ2n) is 8.16. The molecular formula is C22H27ClN4O4S. The first-order valence-electron chi connectivity index (χ1n) is 10.4. The Balaban J connectivity index is 0.00000306. The van der Waals surface area contributed by atoms with E-state index >= 15 is 0 Å². The van der Waals surface area contributed by atoms with E-state index in [2.05, 4.69) is 15.0 Å². The molecule has 1 aliphatic carbocycles. The molecule has 0 spiro atoms. The molecule has 1 fully saturated rings. The highest BCUT2D eigenvalue weighted by molar-refractivity contribution is 7.89. The molecule has 1 aromatic carbocycles. The second kappa shape index (κ2) is 8.82. The van der Waals surface area contributed by atoms with Crippen LogP contribution < -0.4 is 10.0 Å². The summed E-state index contributed by atoms with van der Waals surface area (Å²) in [6.45, 7) is 3.29. The van der Waals surface area contributed by atoms with Crippen molar-refractivity contribution in [2.24, 2.45) is 0 Å². The van der Waals surface area contributed by atoms with E-state index in [-0.39, 0.29) is 24.4 Å². The smallest absolute Gasteiger partial charge is 0.240 e. The van der Waals surface area contributed by atoms with Gasteiger partial charge in [0.05, 0.1) is 27.9 Å². The highest BCUT2D eigenvalue weighted by Gasteiger charge is 2.25. The van der Waals surface area contributed by atoms with Gasteiger partial charge in [0.2, 0.25) is 15.9 Å². The summed E-state index contributed by atoms with van der Waals surface area (Å²) in [5.41, 5.74) is 3.13. The predicted octanol–water partition coefficient (Wildman–Crippen LogP) is 3.75. The maximum absolute atomic E-state index is 13.0. The Morgan fingerprint density at radius 2 is 1.97 bits per heavy atom. The third kappa shape index (κ3) is 4.52. The van der Waals surface area contributed by atoms with Crippen molar-refractivity contribution < 1.29 is 19.7 Å². The van der Waals surface area contributed by atoms with Gasteiger partial charge in [-0.25, -0.2) is 18.1 Å². The molecule has 0 radical (unpaired) electrons. The Morgan fingerprint density at radius 1 is 1.25 bits per heavy atom. The third-order valence-corrected chi connectivity index (χ3v) is 7.58. The third-order valence-electron chi connectivity index (χ3n) is 5.74. The lowest BCUT2D eigenvalue weighted by Gasteiger charge is -2.26. The number of aliphatic hydroxyl groups is 1. The number of sulfonamides is 1. The fraction of sp³-hybridized carbons (Fsp3) is 0.364. The molecule has 1 saturated carbocycles. The summed E-state index contributed by atoms with van der Waals surface area (Å²) in [4.78, 5) is 16.2. The number of carbonyl (C=O) groups excluding carboxylic acids is 1. The van der Waals surface area contributed by atoms with Crippen molar-refractivity contribution in [3.05, 3.63) is 47.2 Å². The first-order chi connectivity index (χ1) is 15.2. The number of benzene rings is 1. The molecule has 10 heteroatoms. The maximum atomic E-state index is 13.0. The number of aliphatic hydroxyl groups excluding tert-OH is 1. The van der Waals surface area contributed by atoms with Crippen molar-refractivity contribution in [2.75, 3.05) is 5.32 Å². The minimum atomic E-state index is -3.73. The van der Waals surface area contributed by atoms with Gasteiger partial charge in [-0.2, -0.15) is 0 Å². The summed E-state index contributed by atoms with van der Waals surface area (Å²) in [6, 6.07) is 6.44. The molecule has 1 aliphatic rings. The standard InChI is InChI=1S/C22H25ClN4O4S.H2/c1-13-3-8-17(32(30,31)26-15-4-6-16(29)7-5-15)11-18(13)20-12-24-22-21(25-14(2)28)19(23)9-10-27(20)22;/h3,8-12,15-16,26,29H,4-7H2,1-2H3,(H,25,28);1H. The second-order valence-corrected chi connectivity index (χ2v) is 10.3. The van der Waals surface area contributed by atoms with E-state index in [1.807, 2.05) is 6.92 Å². The molecule has 0 unspecified atom stereocenters. The molecule has 3 N–H and O–H groups in total. The fourth-order valence-electron chi connectivity index (χ4n) is 4.04. The maximum Gasteiger partial charge on any atom is 0.240 e. The molecule has 4 rings (SSSR count). The summed E-state index contributed by atoms with van der Waals surface area (Å²) in [6.07, 6.45) is 5.41. The van der Waals surface area contributed by atoms with Crippen LogP contribution in [0.1, 0.15) is 39.6 Å². The van der Waals surface area contributed by atoms with Crippen molar-refractivity contribution in [1.82, 2.24) is 14.1 Å². The van der Waals surface area contributed by atoms with Gasteiger partial charge < -0.3 is 10.4 Å². The molecule has 32 heavy (non-hydrogen) atoms. The lowest BCUT2D eigenvalue weighted by atomic mass is 9.94. The number of nitrogens with zero attached hydrogens (tertiary/aromatic N) is 2. The van der Waals surface area contributed by atoms with Crippen LogP contribution in [0.25, 0.3) is 16.9 Å². The number of pyridine rings is 1. The van der Waals surface area contributed by atoms with Crippen molar-refractivity contribution in [3.63, 3.8) is 0 Å². The van der Waals surface area contributed by atoms with Gasteiger partial charge in [0.1, 0.15) is 5.69 Å². The first kappa shape index (κ1) is 22.7. The summed E-state index contributed by atoms with van der Waals surface area (Å²) >= 11 is 6.25. The number of carbonyl (C=O) groups is 1. The van der Waals surface area contributed by atoms with E-state index in [0.717, 1.165) is 5.56 Å². The summed E-state index contributed by atoms with van der Waals surface area (Å²) in [5.74, 6) is -0.268. The van der Waals surface area contributed by atoms with Crippen LogP contribution in [0.5, 0.6) is 0 Å². The minimum Gasteiger partial charge on any atom is -0.393 e. The number of nitrogens with one attached hydrogen (secondary N) is 2. The van der Waals surface area contributed by atoms with Crippen LogP contribution in [-0.2, 0) is 14.8 Å². The first-order valence-corrected chi connectivity index (χ1v) is 12.3. The number of halogens is 1. The predicted molar refractivity (Wildman–Crippen MR) is 125 cm³/mol. The lowest BCUT2D eigenvalue weighted by Crippen LogP contribution is -2.38. The Hall–Kier alpha value is -2.46. The summed E-state index contributed by atoms with van der Waals surface area (Å²) in [5, 5.41) is 12.7. The number of rotatable bonds is 5. The number of hydrogen-bond acceptors (Lipinski definition) is 5. The van der Waals surface area contributed by atoms with Crippen LogP contribution in [0, 0.1) is 6.92 Å². The molecule has 0 atom stereocenters. The molecule has 2 aromatic heterocycles. The highest BCUT2D eigenvalue weighted by atomic mass is 35.5. The zero-order valence-corrected chi connectivity index (χ0v) is 19.4. The summed E-state index contributed by atoms with van der Waals surface area (Å²) < 4.78 is 30.6. The van der Waals surface area contributed by atoms with Gasteiger partial charge in [-0.1, -0.05) is 17.7 Å².